The summed E-state index contributed by atoms with van der Waals surface area (Å²) in [5, 5.41) is 5.51. The van der Waals surface area contributed by atoms with Gasteiger partial charge in [0.1, 0.15) is 0 Å². The Morgan fingerprint density at radius 3 is 1.21 bits per heavy atom. The molecule has 0 N–H and O–H groups in total. The van der Waals surface area contributed by atoms with E-state index in [1.165, 1.54) is 130 Å². The van der Waals surface area contributed by atoms with Crippen molar-refractivity contribution in [1.82, 2.24) is 0 Å². The molecule has 0 aliphatic heterocycles. The van der Waals surface area contributed by atoms with Gasteiger partial charge in [-0.15, -0.1) is 69.1 Å². The van der Waals surface area contributed by atoms with Crippen molar-refractivity contribution < 1.29 is 20.8 Å². The average Bonchev–Trinajstić information content (AvgIpc) is 3.81. The number of hydrogen-bond acceptors (Lipinski definition) is 0. The molecule has 6 aromatic carbocycles. The number of rotatable bonds is 14. The van der Waals surface area contributed by atoms with Crippen LogP contribution in [0.15, 0.2) is 109 Å². The first kappa shape index (κ1) is 44.2. The van der Waals surface area contributed by atoms with Crippen LogP contribution in [0.1, 0.15) is 101 Å². The van der Waals surface area contributed by atoms with Gasteiger partial charge in [0.2, 0.25) is 0 Å². The van der Waals surface area contributed by atoms with Crippen LogP contribution < -0.4 is 0 Å². The maximum atomic E-state index is 4.93. The van der Waals surface area contributed by atoms with Gasteiger partial charge in [0.15, 0.2) is 0 Å². The third-order valence-electron chi connectivity index (χ3n) is 9.61. The zero-order chi connectivity index (χ0) is 37.6. The van der Waals surface area contributed by atoms with Crippen molar-refractivity contribution in [3.05, 3.63) is 131 Å². The van der Waals surface area contributed by atoms with E-state index in [4.69, 9.17) is 17.0 Å². The van der Waals surface area contributed by atoms with Gasteiger partial charge in [0.25, 0.3) is 0 Å². The molecule has 0 aliphatic rings. The second kappa shape index (κ2) is 25.7. The Hall–Kier alpha value is -2.22. The van der Waals surface area contributed by atoms with Crippen LogP contribution >= 0.6 is 17.0 Å². The summed E-state index contributed by atoms with van der Waals surface area (Å²) in [5.74, 6) is 0. The number of fused-ring (bicyclic) bond motifs is 2. The van der Waals surface area contributed by atoms with E-state index in [9.17, 15) is 0 Å². The van der Waals surface area contributed by atoms with Crippen molar-refractivity contribution in [2.75, 3.05) is 0 Å². The zero-order valence-electron chi connectivity index (χ0n) is 32.6. The number of unbranched alkanes of at least 4 members (excludes halogenated alkanes) is 6. The van der Waals surface area contributed by atoms with Gasteiger partial charge in [-0.1, -0.05) is 151 Å². The molecule has 0 aliphatic carbocycles. The van der Waals surface area contributed by atoms with Crippen LogP contribution in [0.5, 0.6) is 0 Å². The first-order valence-electron chi connectivity index (χ1n) is 19.6. The molecule has 0 fully saturated rings. The van der Waals surface area contributed by atoms with E-state index in [1.807, 2.05) is 0 Å². The summed E-state index contributed by atoms with van der Waals surface area (Å²) >= 11 is -0.826. The molecule has 0 nitrogen and oxygen atoms in total. The fraction of sp³-hybridized carbons (Fsp3) is 0.375. The van der Waals surface area contributed by atoms with E-state index in [0.29, 0.717) is 0 Å². The van der Waals surface area contributed by atoms with E-state index < -0.39 is 20.8 Å². The van der Waals surface area contributed by atoms with Crippen molar-refractivity contribution in [3.63, 3.8) is 0 Å². The van der Waals surface area contributed by atoms with Crippen LogP contribution in [0.2, 0.25) is 13.1 Å². The van der Waals surface area contributed by atoms with Crippen molar-refractivity contribution >= 4 is 48.1 Å². The van der Waals surface area contributed by atoms with Gasteiger partial charge in [0, 0.05) is 9.52 Å². The molecule has 0 saturated heterocycles. The Balaban J connectivity index is 0.000000244. The van der Waals surface area contributed by atoms with Gasteiger partial charge in [-0.3, -0.25) is 0 Å². The van der Waals surface area contributed by atoms with Crippen molar-refractivity contribution in [1.29, 1.82) is 0 Å². The zero-order valence-corrected chi connectivity index (χ0v) is 37.6. The quantitative estimate of drug-likeness (QED) is 0.0583. The van der Waals surface area contributed by atoms with Crippen LogP contribution in [0.25, 0.3) is 43.8 Å². The molecule has 0 amide bonds. The summed E-state index contributed by atoms with van der Waals surface area (Å²) in [6.45, 7) is 13.3. The van der Waals surface area contributed by atoms with Crippen LogP contribution in [0, 0.1) is 0 Å². The van der Waals surface area contributed by atoms with Crippen molar-refractivity contribution in [2.45, 2.75) is 118 Å². The molecule has 0 heterocycles. The molecule has 6 rings (SSSR count). The topological polar surface area (TPSA) is 0 Å². The summed E-state index contributed by atoms with van der Waals surface area (Å²) in [7, 11) is 11.0. The average molecular weight is 827 g/mol. The number of aryl methyl sites for hydroxylation is 4. The molecule has 0 bridgehead atoms. The molecule has 2 radical (unpaired) electrons. The number of halogens is 2. The van der Waals surface area contributed by atoms with Crippen LogP contribution in [0.3, 0.4) is 0 Å². The van der Waals surface area contributed by atoms with Crippen LogP contribution in [-0.4, -0.2) is 9.52 Å². The van der Waals surface area contributed by atoms with Gasteiger partial charge in [0.05, 0.1) is 0 Å². The van der Waals surface area contributed by atoms with E-state index in [0.717, 1.165) is 22.4 Å². The Kier molecular flexibility index (Phi) is 21.9. The Bertz CT molecular complexity index is 1680. The minimum absolute atomic E-state index is 0.826. The van der Waals surface area contributed by atoms with Gasteiger partial charge < -0.3 is 0 Å². The van der Waals surface area contributed by atoms with E-state index in [1.54, 1.807) is 0 Å². The molecule has 0 atom stereocenters. The molecule has 274 valence electrons. The van der Waals surface area contributed by atoms with Gasteiger partial charge in [-0.25, -0.2) is 0 Å². The summed E-state index contributed by atoms with van der Waals surface area (Å²) in [4.78, 5) is 0. The third kappa shape index (κ3) is 14.2. The molecule has 6 aromatic rings. The van der Waals surface area contributed by atoms with Gasteiger partial charge in [-0.05, 0) is 60.8 Å². The minimum atomic E-state index is -0.826. The SMILES string of the molecule is CCCCCCc1ccc(-c2cccc3[cH-]c(CC)cc23)cc1.CCCCCCc1ccc(-c2cccc3[cH-]c(CC)cc23)cc1.C[Si]C.[Cl][Zr+2][Cl]. The van der Waals surface area contributed by atoms with Crippen LogP contribution in [-0.2, 0) is 46.5 Å². The van der Waals surface area contributed by atoms with Crippen LogP contribution in [0.4, 0.5) is 0 Å². The van der Waals surface area contributed by atoms with E-state index in [-0.39, 0.29) is 0 Å². The molecular formula is C48H60Cl2SiZr. The van der Waals surface area contributed by atoms with E-state index >= 15 is 0 Å². The second-order valence-corrected chi connectivity index (χ2v) is 18.4. The molecule has 4 heteroatoms. The predicted octanol–water partition coefficient (Wildman–Crippen LogP) is 16.0. The molecule has 0 unspecified atom stereocenters. The predicted molar refractivity (Wildman–Crippen MR) is 234 cm³/mol. The second-order valence-electron chi connectivity index (χ2n) is 13.6. The van der Waals surface area contributed by atoms with E-state index in [2.05, 4.69) is 150 Å². The first-order valence-corrected chi connectivity index (χ1v) is 27.9. The molecule has 0 aromatic heterocycles. The first-order chi connectivity index (χ1) is 25.5. The summed E-state index contributed by atoms with van der Waals surface area (Å²) in [5.41, 5.74) is 11.2. The van der Waals surface area contributed by atoms with Crippen molar-refractivity contribution in [3.8, 4) is 22.3 Å². The maximum absolute atomic E-state index is 4.93. The monoisotopic (exact) mass is 824 g/mol. The van der Waals surface area contributed by atoms with Gasteiger partial charge >= 0.3 is 37.9 Å². The number of hydrogen-bond donors (Lipinski definition) is 0. The van der Waals surface area contributed by atoms with Crippen molar-refractivity contribution in [2.24, 2.45) is 0 Å². The fourth-order valence-electron chi connectivity index (χ4n) is 6.72. The molecule has 0 spiro atoms. The summed E-state index contributed by atoms with van der Waals surface area (Å²) < 4.78 is 0. The Morgan fingerprint density at radius 1 is 0.519 bits per heavy atom. The standard InChI is InChI=1S/2C23H27.C2H6Si.2ClH.Zr/c2*1-3-5-6-7-9-19-12-14-20(15-13-19)22-11-8-10-21-16-18(4-2)17-23(21)22;1-3-2;;;/h2*8,10-17H,3-7,9H2,1-2H3;1-2H3;2*1H;/q2*-1;;;;+4/p-2. The third-order valence-corrected chi connectivity index (χ3v) is 9.61. The summed E-state index contributed by atoms with van der Waals surface area (Å²) in [6, 6.07) is 41.0. The molecule has 52 heavy (non-hydrogen) atoms. The molecule has 0 saturated carbocycles. The number of benzene rings is 4. The normalized spacial score (nSPS) is 10.5. The Labute approximate surface area is 338 Å². The Morgan fingerprint density at radius 2 is 0.885 bits per heavy atom. The fourth-order valence-corrected chi connectivity index (χ4v) is 6.72. The molecular weight excluding hydrogens is 767 g/mol. The summed E-state index contributed by atoms with van der Waals surface area (Å²) in [6.07, 6.45) is 15.3. The van der Waals surface area contributed by atoms with Gasteiger partial charge in [-0.2, -0.15) is 12.1 Å².